The smallest absolute Gasteiger partial charge is 0.226 e. The number of hydrogen-bond acceptors (Lipinski definition) is 3. The van der Waals surface area contributed by atoms with E-state index in [2.05, 4.69) is 10.4 Å². The van der Waals surface area contributed by atoms with E-state index in [9.17, 15) is 9.18 Å². The van der Waals surface area contributed by atoms with E-state index < -0.39 is 0 Å². The van der Waals surface area contributed by atoms with Crippen LogP contribution in [0.4, 0.5) is 4.39 Å². The maximum Gasteiger partial charge on any atom is 0.226 e. The molecule has 1 heterocycles. The van der Waals surface area contributed by atoms with Crippen LogP contribution >= 0.6 is 0 Å². The first-order valence-corrected chi connectivity index (χ1v) is 7.70. The maximum absolute atomic E-state index is 12.9. The summed E-state index contributed by atoms with van der Waals surface area (Å²) in [6.45, 7) is 4.05. The minimum atomic E-state index is -0.302. The second kappa shape index (κ2) is 7.87. The molecule has 0 aliphatic rings. The van der Waals surface area contributed by atoms with Gasteiger partial charge in [-0.15, -0.1) is 0 Å². The lowest BCUT2D eigenvalue weighted by Crippen LogP contribution is -2.40. The first-order chi connectivity index (χ1) is 11.0. The van der Waals surface area contributed by atoms with Gasteiger partial charge in [0.1, 0.15) is 5.82 Å². The van der Waals surface area contributed by atoms with Crippen LogP contribution in [0.2, 0.25) is 0 Å². The van der Waals surface area contributed by atoms with Crippen molar-refractivity contribution in [2.24, 2.45) is 5.92 Å². The Bertz CT molecular complexity index is 638. The van der Waals surface area contributed by atoms with Crippen molar-refractivity contribution in [3.8, 4) is 5.69 Å². The van der Waals surface area contributed by atoms with E-state index in [0.29, 0.717) is 12.1 Å². The monoisotopic (exact) mass is 319 g/mol. The summed E-state index contributed by atoms with van der Waals surface area (Å²) in [6.07, 6.45) is 2.44. The fourth-order valence-electron chi connectivity index (χ4n) is 2.33. The minimum absolute atomic E-state index is 0.0440. The molecule has 2 aromatic rings. The van der Waals surface area contributed by atoms with Gasteiger partial charge in [0.2, 0.25) is 5.91 Å². The normalized spacial score (nSPS) is 12.4. The molecule has 6 heteroatoms. The van der Waals surface area contributed by atoms with Crippen LogP contribution < -0.4 is 5.32 Å². The number of nitrogens with zero attached hydrogens (tertiary/aromatic N) is 2. The predicted octanol–water partition coefficient (Wildman–Crippen LogP) is 2.08. The Labute approximate surface area is 135 Å². The van der Waals surface area contributed by atoms with Crippen molar-refractivity contribution in [3.05, 3.63) is 48.0 Å². The molecule has 0 bridgehead atoms. The highest BCUT2D eigenvalue weighted by Crippen LogP contribution is 2.10. The van der Waals surface area contributed by atoms with Gasteiger partial charge in [-0.3, -0.25) is 4.79 Å². The highest BCUT2D eigenvalue weighted by Gasteiger charge is 2.16. The molecule has 1 atom stereocenters. The molecule has 0 aliphatic heterocycles. The van der Waals surface area contributed by atoms with Crippen molar-refractivity contribution >= 4 is 5.91 Å². The number of rotatable bonds is 7. The van der Waals surface area contributed by atoms with E-state index in [1.807, 2.05) is 13.8 Å². The average molecular weight is 319 g/mol. The fourth-order valence-corrected chi connectivity index (χ4v) is 2.33. The van der Waals surface area contributed by atoms with Crippen LogP contribution in [-0.2, 0) is 11.2 Å². The lowest BCUT2D eigenvalue weighted by atomic mass is 10.0. The summed E-state index contributed by atoms with van der Waals surface area (Å²) >= 11 is 0. The summed E-state index contributed by atoms with van der Waals surface area (Å²) in [5.41, 5.74) is 1.37. The molecule has 124 valence electrons. The molecule has 0 radical (unpaired) electrons. The van der Waals surface area contributed by atoms with Crippen LogP contribution in [0.25, 0.3) is 5.69 Å². The van der Waals surface area contributed by atoms with E-state index in [4.69, 9.17) is 5.11 Å². The zero-order chi connectivity index (χ0) is 16.8. The van der Waals surface area contributed by atoms with E-state index >= 15 is 0 Å². The third-order valence-corrected chi connectivity index (χ3v) is 3.67. The maximum atomic E-state index is 12.9. The Kier molecular flexibility index (Phi) is 5.87. The number of halogens is 1. The van der Waals surface area contributed by atoms with Gasteiger partial charge < -0.3 is 10.4 Å². The summed E-state index contributed by atoms with van der Waals surface area (Å²) in [7, 11) is 0. The molecule has 0 saturated carbocycles. The van der Waals surface area contributed by atoms with Gasteiger partial charge in [0.05, 0.1) is 17.8 Å². The molecule has 5 nitrogen and oxygen atoms in total. The molecular formula is C17H22FN3O2. The lowest BCUT2D eigenvalue weighted by molar-refractivity contribution is -0.121. The number of hydrogen-bond donors (Lipinski definition) is 2. The standard InChI is InChI=1S/C17H22FN3O2/c1-12(2)16(8-10-22)19-17(23)11-14-7-9-21(20-14)15-5-3-13(18)4-6-15/h3-7,9,12,16,22H,8,10-11H2,1-2H3,(H,19,23). The van der Waals surface area contributed by atoms with Gasteiger partial charge in [-0.05, 0) is 42.7 Å². The number of aliphatic hydroxyl groups excluding tert-OH is 1. The van der Waals surface area contributed by atoms with Crippen molar-refractivity contribution < 1.29 is 14.3 Å². The number of carbonyl (C=O) groups is 1. The summed E-state index contributed by atoms with van der Waals surface area (Å²) in [6, 6.07) is 7.70. The summed E-state index contributed by atoms with van der Waals surface area (Å²) < 4.78 is 14.5. The van der Waals surface area contributed by atoms with Crippen molar-refractivity contribution in [2.75, 3.05) is 6.61 Å². The Balaban J connectivity index is 1.98. The number of carbonyl (C=O) groups excluding carboxylic acids is 1. The molecule has 0 spiro atoms. The van der Waals surface area contributed by atoms with Gasteiger partial charge in [0.15, 0.2) is 0 Å². The number of amides is 1. The molecule has 2 N–H and O–H groups in total. The summed E-state index contributed by atoms with van der Waals surface area (Å²) in [4.78, 5) is 12.1. The van der Waals surface area contributed by atoms with E-state index in [1.165, 1.54) is 12.1 Å². The number of aromatic nitrogens is 2. The third kappa shape index (κ3) is 4.89. The van der Waals surface area contributed by atoms with Gasteiger partial charge in [0.25, 0.3) is 0 Å². The van der Waals surface area contributed by atoms with Crippen molar-refractivity contribution in [1.82, 2.24) is 15.1 Å². The van der Waals surface area contributed by atoms with Gasteiger partial charge >= 0.3 is 0 Å². The van der Waals surface area contributed by atoms with Gasteiger partial charge in [0, 0.05) is 18.8 Å². The quantitative estimate of drug-likeness (QED) is 0.821. The predicted molar refractivity (Wildman–Crippen MR) is 85.7 cm³/mol. The lowest BCUT2D eigenvalue weighted by Gasteiger charge is -2.21. The Morgan fingerprint density at radius 2 is 2.00 bits per heavy atom. The van der Waals surface area contributed by atoms with Crippen LogP contribution in [0.15, 0.2) is 36.5 Å². The minimum Gasteiger partial charge on any atom is -0.396 e. The van der Waals surface area contributed by atoms with E-state index in [-0.39, 0.29) is 36.7 Å². The van der Waals surface area contributed by atoms with Crippen LogP contribution in [0.5, 0.6) is 0 Å². The highest BCUT2D eigenvalue weighted by atomic mass is 19.1. The fraction of sp³-hybridized carbons (Fsp3) is 0.412. The third-order valence-electron chi connectivity index (χ3n) is 3.67. The second-order valence-corrected chi connectivity index (χ2v) is 5.84. The summed E-state index contributed by atoms with van der Waals surface area (Å²) in [5.74, 6) is -0.173. The largest absolute Gasteiger partial charge is 0.396 e. The first-order valence-electron chi connectivity index (χ1n) is 7.70. The molecule has 0 fully saturated rings. The molecule has 2 rings (SSSR count). The van der Waals surface area contributed by atoms with Crippen LogP contribution in [0, 0.1) is 11.7 Å². The zero-order valence-electron chi connectivity index (χ0n) is 13.4. The average Bonchev–Trinajstić information content (AvgIpc) is 2.95. The summed E-state index contributed by atoms with van der Waals surface area (Å²) in [5, 5.41) is 16.3. The van der Waals surface area contributed by atoms with Gasteiger partial charge in [-0.25, -0.2) is 9.07 Å². The molecule has 23 heavy (non-hydrogen) atoms. The Hall–Kier alpha value is -2.21. The van der Waals surface area contributed by atoms with Crippen molar-refractivity contribution in [3.63, 3.8) is 0 Å². The van der Waals surface area contributed by atoms with Gasteiger partial charge in [-0.1, -0.05) is 13.8 Å². The first kappa shape index (κ1) is 17.1. The van der Waals surface area contributed by atoms with Gasteiger partial charge in [-0.2, -0.15) is 5.10 Å². The number of aliphatic hydroxyl groups is 1. The van der Waals surface area contributed by atoms with Crippen LogP contribution in [0.3, 0.4) is 0 Å². The SMILES string of the molecule is CC(C)C(CCO)NC(=O)Cc1ccn(-c2ccc(F)cc2)n1. The molecule has 1 aromatic heterocycles. The topological polar surface area (TPSA) is 67.2 Å². The molecule has 0 aliphatic carbocycles. The Morgan fingerprint density at radius 1 is 1.30 bits per heavy atom. The van der Waals surface area contributed by atoms with Crippen LogP contribution in [0.1, 0.15) is 26.0 Å². The van der Waals surface area contributed by atoms with E-state index in [1.54, 1.807) is 29.1 Å². The molecule has 1 aromatic carbocycles. The highest BCUT2D eigenvalue weighted by molar-refractivity contribution is 5.78. The second-order valence-electron chi connectivity index (χ2n) is 5.84. The number of benzene rings is 1. The van der Waals surface area contributed by atoms with Crippen LogP contribution in [-0.4, -0.2) is 33.4 Å². The zero-order valence-corrected chi connectivity index (χ0v) is 13.4. The van der Waals surface area contributed by atoms with Crippen molar-refractivity contribution in [2.45, 2.75) is 32.7 Å². The van der Waals surface area contributed by atoms with E-state index in [0.717, 1.165) is 5.69 Å². The molecular weight excluding hydrogens is 297 g/mol. The molecule has 1 unspecified atom stereocenters. The molecule has 1 amide bonds. The Morgan fingerprint density at radius 3 is 2.61 bits per heavy atom. The number of nitrogens with one attached hydrogen (secondary N) is 1. The van der Waals surface area contributed by atoms with Crippen molar-refractivity contribution in [1.29, 1.82) is 0 Å². The molecule has 0 saturated heterocycles.